The lowest BCUT2D eigenvalue weighted by Gasteiger charge is -2.09. The average molecular weight is 607 g/mol. The van der Waals surface area contributed by atoms with Crippen LogP contribution in [0.1, 0.15) is 31.8 Å². The van der Waals surface area contributed by atoms with Gasteiger partial charge in [0.15, 0.2) is 0 Å². The maximum atomic E-state index is 12.7. The molecule has 0 spiro atoms. The van der Waals surface area contributed by atoms with E-state index in [1.165, 1.54) is 0 Å². The fourth-order valence-electron chi connectivity index (χ4n) is 4.43. The highest BCUT2D eigenvalue weighted by atomic mass is 16.7. The van der Waals surface area contributed by atoms with Crippen molar-refractivity contribution < 1.29 is 47.6 Å². The third kappa shape index (κ3) is 7.63. The number of carbonyl (C=O) groups is 4. The van der Waals surface area contributed by atoms with E-state index in [9.17, 15) is 19.2 Å². The number of benzene rings is 4. The first-order valence-electron chi connectivity index (χ1n) is 13.6. The molecule has 0 heterocycles. The molecule has 0 atom stereocenters. The molecule has 1 aliphatic rings. The van der Waals surface area contributed by atoms with E-state index in [4.69, 9.17) is 28.4 Å². The van der Waals surface area contributed by atoms with Crippen LogP contribution in [0.3, 0.4) is 0 Å². The van der Waals surface area contributed by atoms with Gasteiger partial charge in [0.05, 0.1) is 11.1 Å². The Balaban J connectivity index is 1.16. The first-order valence-corrected chi connectivity index (χ1v) is 13.6. The van der Waals surface area contributed by atoms with Crippen molar-refractivity contribution in [2.75, 3.05) is 13.6 Å². The molecule has 4 aromatic carbocycles. The van der Waals surface area contributed by atoms with Crippen LogP contribution >= 0.6 is 0 Å². The number of esters is 4. The molecule has 0 bridgehead atoms. The van der Waals surface area contributed by atoms with Crippen molar-refractivity contribution in [1.29, 1.82) is 0 Å². The molecule has 226 valence electrons. The minimum atomic E-state index is -0.602. The molecule has 0 saturated carbocycles. The Labute approximate surface area is 258 Å². The number of hydrogen-bond donors (Lipinski definition) is 0. The van der Waals surface area contributed by atoms with E-state index in [1.54, 1.807) is 60.7 Å². The molecule has 0 saturated heterocycles. The second-order valence-electron chi connectivity index (χ2n) is 9.50. The average Bonchev–Trinajstić information content (AvgIpc) is 3.42. The summed E-state index contributed by atoms with van der Waals surface area (Å²) in [7, 11) is 0. The summed E-state index contributed by atoms with van der Waals surface area (Å²) in [5.41, 5.74) is 4.55. The van der Waals surface area contributed by atoms with Crippen LogP contribution < -0.4 is 18.9 Å². The quantitative estimate of drug-likeness (QED) is 0.0742. The van der Waals surface area contributed by atoms with Gasteiger partial charge < -0.3 is 28.4 Å². The van der Waals surface area contributed by atoms with Crippen LogP contribution in [0.2, 0.25) is 0 Å². The van der Waals surface area contributed by atoms with Crippen LogP contribution in [0.15, 0.2) is 110 Å². The summed E-state index contributed by atoms with van der Waals surface area (Å²) >= 11 is 0. The van der Waals surface area contributed by atoms with Crippen LogP contribution in [0.5, 0.6) is 23.0 Å². The molecule has 10 nitrogen and oxygen atoms in total. The molecule has 0 aromatic heterocycles. The molecular weight excluding hydrogens is 580 g/mol. The molecule has 5 rings (SSSR count). The van der Waals surface area contributed by atoms with Crippen molar-refractivity contribution in [3.63, 3.8) is 0 Å². The van der Waals surface area contributed by atoms with Crippen molar-refractivity contribution in [3.05, 3.63) is 132 Å². The second kappa shape index (κ2) is 13.9. The monoisotopic (exact) mass is 606 g/mol. The number of fused-ring (bicyclic) bond motifs is 3. The molecule has 0 amide bonds. The predicted molar refractivity (Wildman–Crippen MR) is 161 cm³/mol. The van der Waals surface area contributed by atoms with E-state index in [1.807, 2.05) is 24.3 Å². The van der Waals surface area contributed by atoms with Gasteiger partial charge >= 0.3 is 23.9 Å². The van der Waals surface area contributed by atoms with Crippen LogP contribution in [-0.4, -0.2) is 37.5 Å². The summed E-state index contributed by atoms with van der Waals surface area (Å²) in [5, 5.41) is 0. The molecule has 4 aromatic rings. The van der Waals surface area contributed by atoms with Gasteiger partial charge in [-0.2, -0.15) is 0 Å². The Hall–Kier alpha value is -6.16. The van der Waals surface area contributed by atoms with Gasteiger partial charge in [-0.15, -0.1) is 0 Å². The van der Waals surface area contributed by atoms with Crippen LogP contribution in [0.25, 0.3) is 11.1 Å². The fraction of sp³-hybridized carbons (Fsp3) is 0.0857. The highest BCUT2D eigenvalue weighted by molar-refractivity contribution is 5.92. The number of rotatable bonds is 12. The zero-order valence-electron chi connectivity index (χ0n) is 23.9. The Morgan fingerprint density at radius 1 is 0.556 bits per heavy atom. The summed E-state index contributed by atoms with van der Waals surface area (Å²) in [6.07, 6.45) is 2.63. The molecule has 0 unspecified atom stereocenters. The molecule has 0 radical (unpaired) electrons. The van der Waals surface area contributed by atoms with Crippen molar-refractivity contribution >= 4 is 23.9 Å². The molecule has 45 heavy (non-hydrogen) atoms. The molecular formula is C35H26O10. The van der Waals surface area contributed by atoms with Crippen LogP contribution in [0.4, 0.5) is 0 Å². The van der Waals surface area contributed by atoms with E-state index in [0.717, 1.165) is 34.4 Å². The standard InChI is InChI=1S/C35H26O10/c1-3-32(36)42-20-40-26-9-5-22(6-10-26)34(38)44-28-13-15-30-24(18-28)17-25-19-29(14-16-31(25)30)45-35(39)23-7-11-27(12-8-23)41-21-43-33(37)4-2/h3-16,18-19H,1-2,17,20-21H2. The normalized spacial score (nSPS) is 10.8. The van der Waals surface area contributed by atoms with Crippen LogP contribution in [0, 0.1) is 0 Å². The lowest BCUT2D eigenvalue weighted by molar-refractivity contribution is -0.145. The third-order valence-electron chi connectivity index (χ3n) is 6.61. The number of hydrogen-bond acceptors (Lipinski definition) is 10. The van der Waals surface area contributed by atoms with E-state index in [2.05, 4.69) is 13.2 Å². The van der Waals surface area contributed by atoms with Crippen molar-refractivity contribution in [2.24, 2.45) is 0 Å². The molecule has 1 aliphatic carbocycles. The molecule has 10 heteroatoms. The van der Waals surface area contributed by atoms with Crippen molar-refractivity contribution in [3.8, 4) is 34.1 Å². The molecule has 0 fully saturated rings. The fourth-order valence-corrected chi connectivity index (χ4v) is 4.43. The van der Waals surface area contributed by atoms with E-state index < -0.39 is 23.9 Å². The highest BCUT2D eigenvalue weighted by Gasteiger charge is 2.21. The zero-order valence-corrected chi connectivity index (χ0v) is 23.9. The van der Waals surface area contributed by atoms with Crippen molar-refractivity contribution in [2.45, 2.75) is 6.42 Å². The second-order valence-corrected chi connectivity index (χ2v) is 9.50. The SMILES string of the molecule is C=CC(=O)OCOc1ccc(C(=O)Oc2ccc3c(c2)Cc2cc(OC(=O)c4ccc(OCOC(=O)C=C)cc4)ccc2-3)cc1. The van der Waals surface area contributed by atoms with Gasteiger partial charge in [-0.25, -0.2) is 19.2 Å². The van der Waals surface area contributed by atoms with E-state index >= 15 is 0 Å². The first-order chi connectivity index (χ1) is 21.8. The van der Waals surface area contributed by atoms with Gasteiger partial charge in [0, 0.05) is 12.2 Å². The Morgan fingerprint density at radius 2 is 0.933 bits per heavy atom. The summed E-state index contributed by atoms with van der Waals surface area (Å²) in [6, 6.07) is 23.3. The minimum absolute atomic E-state index is 0.279. The first kappa shape index (κ1) is 30.3. The zero-order chi connectivity index (χ0) is 31.8. The van der Waals surface area contributed by atoms with Gasteiger partial charge in [0.1, 0.15) is 23.0 Å². The summed E-state index contributed by atoms with van der Waals surface area (Å²) < 4.78 is 31.3. The van der Waals surface area contributed by atoms with E-state index in [-0.39, 0.29) is 13.6 Å². The Bertz CT molecular complexity index is 1640. The van der Waals surface area contributed by atoms with Crippen LogP contribution in [-0.2, 0) is 25.5 Å². The van der Waals surface area contributed by atoms with E-state index in [0.29, 0.717) is 40.5 Å². The predicted octanol–water partition coefficient (Wildman–Crippen LogP) is 5.83. The Kier molecular flexibility index (Phi) is 9.34. The third-order valence-corrected chi connectivity index (χ3v) is 6.61. The summed E-state index contributed by atoms with van der Waals surface area (Å²) in [5.74, 6) is -0.680. The number of carbonyl (C=O) groups excluding carboxylic acids is 4. The Morgan fingerprint density at radius 3 is 1.31 bits per heavy atom. The largest absolute Gasteiger partial charge is 0.457 e. The van der Waals surface area contributed by atoms with Gasteiger partial charge in [-0.05, 0) is 101 Å². The summed E-state index contributed by atoms with van der Waals surface area (Å²) in [6.45, 7) is 6.05. The van der Waals surface area contributed by atoms with Crippen molar-refractivity contribution in [1.82, 2.24) is 0 Å². The van der Waals surface area contributed by atoms with Gasteiger partial charge in [-0.1, -0.05) is 25.3 Å². The molecule has 0 N–H and O–H groups in total. The maximum absolute atomic E-state index is 12.7. The maximum Gasteiger partial charge on any atom is 0.343 e. The van der Waals surface area contributed by atoms with Gasteiger partial charge in [0.2, 0.25) is 13.6 Å². The lowest BCUT2D eigenvalue weighted by Crippen LogP contribution is -2.09. The van der Waals surface area contributed by atoms with Gasteiger partial charge in [-0.3, -0.25) is 0 Å². The van der Waals surface area contributed by atoms with Gasteiger partial charge in [0.25, 0.3) is 0 Å². The highest BCUT2D eigenvalue weighted by Crippen LogP contribution is 2.40. The minimum Gasteiger partial charge on any atom is -0.457 e. The molecule has 0 aliphatic heterocycles. The number of ether oxygens (including phenoxy) is 6. The topological polar surface area (TPSA) is 124 Å². The smallest absolute Gasteiger partial charge is 0.343 e. The summed E-state index contributed by atoms with van der Waals surface area (Å²) in [4.78, 5) is 47.6. The lowest BCUT2D eigenvalue weighted by atomic mass is 10.1.